The molecule has 0 aliphatic heterocycles. The van der Waals surface area contributed by atoms with E-state index in [4.69, 9.17) is 10.7 Å². The van der Waals surface area contributed by atoms with Crippen LogP contribution in [0.2, 0.25) is 0 Å². The predicted octanol–water partition coefficient (Wildman–Crippen LogP) is 4.98. The van der Waals surface area contributed by atoms with Crippen LogP contribution in [0.3, 0.4) is 0 Å². The third kappa shape index (κ3) is 6.11. The van der Waals surface area contributed by atoms with E-state index in [1.807, 2.05) is 30.5 Å². The summed E-state index contributed by atoms with van der Waals surface area (Å²) in [5.41, 5.74) is 9.21. The second-order valence-electron chi connectivity index (χ2n) is 7.76. The van der Waals surface area contributed by atoms with Gasteiger partial charge in [0.15, 0.2) is 16.4 Å². The third-order valence-electron chi connectivity index (χ3n) is 5.02. The van der Waals surface area contributed by atoms with Crippen LogP contribution in [-0.2, 0) is 13.1 Å². The zero-order chi connectivity index (χ0) is 23.1. The second kappa shape index (κ2) is 11.2. The number of hydrogen-bond acceptors (Lipinski definition) is 4. The van der Waals surface area contributed by atoms with Crippen LogP contribution in [0.5, 0.6) is 0 Å². The molecule has 0 atom stereocenters. The summed E-state index contributed by atoms with van der Waals surface area (Å²) in [5, 5.41) is 4.45. The highest BCUT2D eigenvalue weighted by atomic mass is 32.1. The monoisotopic (exact) mass is 460 g/mol. The molecule has 0 fully saturated rings. The summed E-state index contributed by atoms with van der Waals surface area (Å²) in [6.07, 6.45) is 2.71. The van der Waals surface area contributed by atoms with Crippen molar-refractivity contribution in [2.45, 2.75) is 46.2 Å². The Bertz CT molecular complexity index is 1140. The fourth-order valence-corrected chi connectivity index (χ4v) is 4.41. The van der Waals surface area contributed by atoms with Crippen molar-refractivity contribution < 1.29 is 15.0 Å². The van der Waals surface area contributed by atoms with Crippen LogP contribution in [0.1, 0.15) is 47.9 Å². The highest BCUT2D eigenvalue weighted by Crippen LogP contribution is 2.17. The molecular weight excluding hydrogens is 430 g/mol. The van der Waals surface area contributed by atoms with E-state index in [9.17, 15) is 13.6 Å². The summed E-state index contributed by atoms with van der Waals surface area (Å²) in [6.45, 7) is 5.18. The number of benzene rings is 2. The Kier molecular flexibility index (Phi) is 8.30. The van der Waals surface area contributed by atoms with Crippen LogP contribution in [0.25, 0.3) is 0 Å². The Morgan fingerprint density at radius 3 is 2.62 bits per heavy atom. The van der Waals surface area contributed by atoms with Gasteiger partial charge in [-0.3, -0.25) is 4.79 Å². The zero-order valence-electron chi connectivity index (χ0n) is 18.3. The number of nitrogens with two attached hydrogens (primary N) is 1. The number of rotatable bonds is 9. The summed E-state index contributed by atoms with van der Waals surface area (Å²) in [6, 6.07) is 10.0. The fraction of sp³-hybridized carbons (Fsp3) is 0.333. The summed E-state index contributed by atoms with van der Waals surface area (Å²) in [5.74, 6) is -2.24. The van der Waals surface area contributed by atoms with Crippen molar-refractivity contribution >= 4 is 22.9 Å². The molecule has 3 rings (SSSR count). The molecule has 3 aromatic rings. The first-order valence-corrected chi connectivity index (χ1v) is 11.5. The van der Waals surface area contributed by atoms with E-state index in [-0.39, 0.29) is 19.4 Å². The van der Waals surface area contributed by atoms with Crippen LogP contribution in [0.4, 0.5) is 14.5 Å². The molecule has 5 nitrogen and oxygen atoms in total. The molecule has 2 aromatic carbocycles. The minimum atomic E-state index is -0.946. The van der Waals surface area contributed by atoms with Gasteiger partial charge in [0.05, 0.1) is 5.69 Å². The summed E-state index contributed by atoms with van der Waals surface area (Å²) >= 11 is 1.38. The SMILES string of the molecule is Cc1cc(C)cc(N=c2scc(C(=O)NCc3cccc(F)c3F)n2CCCCCN)c1.[HH]. The van der Waals surface area contributed by atoms with Gasteiger partial charge < -0.3 is 15.6 Å². The molecule has 0 aliphatic rings. The lowest BCUT2D eigenvalue weighted by molar-refractivity contribution is 0.0940. The lowest BCUT2D eigenvalue weighted by Crippen LogP contribution is -2.29. The molecule has 0 bridgehead atoms. The van der Waals surface area contributed by atoms with E-state index in [2.05, 4.69) is 11.4 Å². The van der Waals surface area contributed by atoms with Gasteiger partial charge in [0.2, 0.25) is 0 Å². The molecule has 1 amide bonds. The molecule has 0 aliphatic carbocycles. The molecule has 0 spiro atoms. The number of unbranched alkanes of at least 4 members (excludes halogenated alkanes) is 2. The molecule has 1 aromatic heterocycles. The number of nitrogens with one attached hydrogen (secondary N) is 1. The normalized spacial score (nSPS) is 11.7. The van der Waals surface area contributed by atoms with Gasteiger partial charge in [-0.15, -0.1) is 11.3 Å². The van der Waals surface area contributed by atoms with Crippen molar-refractivity contribution in [3.63, 3.8) is 0 Å². The van der Waals surface area contributed by atoms with Gasteiger partial charge in [-0.1, -0.05) is 24.6 Å². The Morgan fingerprint density at radius 2 is 1.91 bits per heavy atom. The Labute approximate surface area is 192 Å². The second-order valence-corrected chi connectivity index (χ2v) is 8.59. The first-order chi connectivity index (χ1) is 15.4. The number of aryl methyl sites for hydroxylation is 2. The summed E-state index contributed by atoms with van der Waals surface area (Å²) in [7, 11) is 0. The number of aromatic nitrogens is 1. The number of nitrogens with zero attached hydrogens (tertiary/aromatic N) is 2. The van der Waals surface area contributed by atoms with Crippen molar-refractivity contribution in [3.8, 4) is 0 Å². The van der Waals surface area contributed by atoms with E-state index in [0.29, 0.717) is 23.6 Å². The van der Waals surface area contributed by atoms with Crippen molar-refractivity contribution in [3.05, 3.63) is 80.6 Å². The van der Waals surface area contributed by atoms with E-state index >= 15 is 0 Å². The van der Waals surface area contributed by atoms with Crippen molar-refractivity contribution in [2.24, 2.45) is 10.7 Å². The van der Waals surface area contributed by atoms with Gasteiger partial charge in [-0.25, -0.2) is 13.8 Å². The van der Waals surface area contributed by atoms with E-state index in [1.54, 1.807) is 5.38 Å². The van der Waals surface area contributed by atoms with Gasteiger partial charge in [-0.05, 0) is 62.6 Å². The topological polar surface area (TPSA) is 72.4 Å². The Morgan fingerprint density at radius 1 is 1.16 bits per heavy atom. The molecule has 0 radical (unpaired) electrons. The van der Waals surface area contributed by atoms with Gasteiger partial charge in [0.1, 0.15) is 5.69 Å². The molecule has 3 N–H and O–H groups in total. The molecule has 172 valence electrons. The number of amides is 1. The highest BCUT2D eigenvalue weighted by molar-refractivity contribution is 7.07. The van der Waals surface area contributed by atoms with E-state index in [0.717, 1.165) is 42.1 Å². The van der Waals surface area contributed by atoms with Gasteiger partial charge in [-0.2, -0.15) is 0 Å². The number of carbonyl (C=O) groups excluding carboxylic acids is 1. The molecule has 1 heterocycles. The molecule has 0 unspecified atom stereocenters. The quantitative estimate of drug-likeness (QED) is 0.442. The molecular formula is C24H30F2N4OS. The molecule has 32 heavy (non-hydrogen) atoms. The van der Waals surface area contributed by atoms with Crippen LogP contribution >= 0.6 is 11.3 Å². The van der Waals surface area contributed by atoms with Crippen LogP contribution in [-0.4, -0.2) is 17.0 Å². The average Bonchev–Trinajstić information content (AvgIpc) is 3.13. The standard InChI is InChI=1S/C24H28F2N4OS.H2/c1-16-11-17(2)13-19(12-16)29-24-30(10-5-3-4-9-27)21(15-32-24)23(31)28-14-18-7-6-8-20(25)22(18)26;/h6-8,11-13,15H,3-5,9-10,14,27H2,1-2H3,(H,28,31);1H. The minimum absolute atomic E-state index is 0. The zero-order valence-corrected chi connectivity index (χ0v) is 19.1. The lowest BCUT2D eigenvalue weighted by atomic mass is 10.1. The van der Waals surface area contributed by atoms with E-state index < -0.39 is 11.6 Å². The van der Waals surface area contributed by atoms with Crippen LogP contribution in [0.15, 0.2) is 46.8 Å². The Hall–Kier alpha value is -2.84. The molecule has 0 saturated carbocycles. The van der Waals surface area contributed by atoms with Crippen molar-refractivity contribution in [1.29, 1.82) is 0 Å². The van der Waals surface area contributed by atoms with Gasteiger partial charge in [0.25, 0.3) is 5.91 Å². The first kappa shape index (κ1) is 23.8. The van der Waals surface area contributed by atoms with Crippen molar-refractivity contribution in [1.82, 2.24) is 9.88 Å². The molecule has 8 heteroatoms. The average molecular weight is 461 g/mol. The van der Waals surface area contributed by atoms with Crippen LogP contribution in [0, 0.1) is 25.5 Å². The number of carbonyl (C=O) groups is 1. The maximum absolute atomic E-state index is 13.9. The summed E-state index contributed by atoms with van der Waals surface area (Å²) < 4.78 is 29.3. The van der Waals surface area contributed by atoms with E-state index in [1.165, 1.54) is 23.5 Å². The van der Waals surface area contributed by atoms with Gasteiger partial charge in [0, 0.05) is 25.5 Å². The predicted molar refractivity (Wildman–Crippen MR) is 126 cm³/mol. The number of thiazole rings is 1. The maximum atomic E-state index is 13.9. The van der Waals surface area contributed by atoms with Crippen molar-refractivity contribution in [2.75, 3.05) is 6.54 Å². The summed E-state index contributed by atoms with van der Waals surface area (Å²) in [4.78, 5) is 18.4. The minimum Gasteiger partial charge on any atom is -0.347 e. The molecule has 0 saturated heterocycles. The smallest absolute Gasteiger partial charge is 0.269 e. The maximum Gasteiger partial charge on any atom is 0.269 e. The lowest BCUT2D eigenvalue weighted by Gasteiger charge is -2.10. The first-order valence-electron chi connectivity index (χ1n) is 10.6. The third-order valence-corrected chi connectivity index (χ3v) is 5.88. The number of halogens is 2. The van der Waals surface area contributed by atoms with Crippen LogP contribution < -0.4 is 15.9 Å². The fourth-order valence-electron chi connectivity index (χ4n) is 3.49. The highest BCUT2D eigenvalue weighted by Gasteiger charge is 2.15. The number of hydrogen-bond donors (Lipinski definition) is 2. The largest absolute Gasteiger partial charge is 0.347 e. The Balaban J connectivity index is 0.00000385. The van der Waals surface area contributed by atoms with Gasteiger partial charge >= 0.3 is 0 Å².